The van der Waals surface area contributed by atoms with E-state index in [0.29, 0.717) is 34.4 Å². The maximum absolute atomic E-state index is 11.4. The zero-order chi connectivity index (χ0) is 25.7. The lowest BCUT2D eigenvalue weighted by Crippen LogP contribution is -2.13. The molecule has 0 saturated carbocycles. The summed E-state index contributed by atoms with van der Waals surface area (Å²) >= 11 is 6.51. The lowest BCUT2D eigenvalue weighted by molar-refractivity contribution is 0.301. The van der Waals surface area contributed by atoms with Crippen LogP contribution < -0.4 is 14.2 Å². The third kappa shape index (κ3) is 5.85. The third-order valence-electron chi connectivity index (χ3n) is 5.19. The second kappa shape index (κ2) is 10.8. The Morgan fingerprint density at radius 3 is 2.56 bits per heavy atom. The van der Waals surface area contributed by atoms with Crippen molar-refractivity contribution in [1.29, 1.82) is 5.26 Å². The summed E-state index contributed by atoms with van der Waals surface area (Å²) in [5, 5.41) is 11.8. The Labute approximate surface area is 214 Å². The maximum Gasteiger partial charge on any atom is 0.236 e. The molecule has 0 fully saturated rings. The number of anilines is 1. The third-order valence-corrected chi connectivity index (χ3v) is 6.03. The van der Waals surface area contributed by atoms with E-state index in [9.17, 15) is 13.7 Å². The van der Waals surface area contributed by atoms with Crippen molar-refractivity contribution < 1.29 is 17.9 Å². The first-order chi connectivity index (χ1) is 17.3. The van der Waals surface area contributed by atoms with Gasteiger partial charge < -0.3 is 9.47 Å². The summed E-state index contributed by atoms with van der Waals surface area (Å²) in [5.41, 5.74) is 2.79. The molecule has 10 heteroatoms. The van der Waals surface area contributed by atoms with E-state index in [-0.39, 0.29) is 12.6 Å². The molecule has 0 unspecified atom stereocenters. The number of halogens is 1. The number of hydrogen-bond acceptors (Lipinski definition) is 7. The fraction of sp³-hybridized carbons (Fsp3) is 0.192. The Morgan fingerprint density at radius 1 is 1.08 bits per heavy atom. The minimum Gasteiger partial charge on any atom is -0.491 e. The number of ether oxygens (including phenoxy) is 2. The first-order valence-electron chi connectivity index (χ1n) is 11.1. The minimum absolute atomic E-state index is 0.0106. The van der Waals surface area contributed by atoms with Crippen LogP contribution in [0, 0.1) is 11.3 Å². The van der Waals surface area contributed by atoms with Crippen molar-refractivity contribution in [3.8, 4) is 28.7 Å². The summed E-state index contributed by atoms with van der Waals surface area (Å²) in [4.78, 5) is 8.04. The van der Waals surface area contributed by atoms with Gasteiger partial charge in [0.05, 0.1) is 23.6 Å². The molecular formula is C26H23ClN4O4S. The lowest BCUT2D eigenvalue weighted by atomic mass is 9.95. The highest BCUT2D eigenvalue weighted by Gasteiger charge is 2.16. The molecule has 0 radical (unpaired) electrons. The quantitative estimate of drug-likeness (QED) is 0.306. The second-order valence-electron chi connectivity index (χ2n) is 7.98. The number of sulfonamides is 1. The van der Waals surface area contributed by atoms with Gasteiger partial charge in [-0.3, -0.25) is 4.72 Å². The van der Waals surface area contributed by atoms with Crippen LogP contribution in [0.5, 0.6) is 11.5 Å². The summed E-state index contributed by atoms with van der Waals surface area (Å²) < 4.78 is 36.6. The van der Waals surface area contributed by atoms with Crippen molar-refractivity contribution in [3.05, 3.63) is 77.1 Å². The molecule has 0 aliphatic rings. The number of nitriles is 1. The molecule has 0 amide bonds. The van der Waals surface area contributed by atoms with Crippen LogP contribution >= 0.6 is 11.6 Å². The van der Waals surface area contributed by atoms with Crippen molar-refractivity contribution in [1.82, 2.24) is 9.97 Å². The molecule has 1 aromatic heterocycles. The number of benzene rings is 3. The molecule has 3 aromatic carbocycles. The number of rotatable bonds is 9. The van der Waals surface area contributed by atoms with Crippen LogP contribution in [0.15, 0.2) is 60.8 Å². The standard InChI is InChI=1S/C26H23ClN4O4S/c1-3-13-34-25-23(15-28)21-6-4-5-20(22(21)14-24(25)27)17-7-9-19(10-8-17)35-16-18-11-12-29-26(30-18)31-36(2,32)33/h4-12,14H,3,13,16H2,1-2H3,(H,29,30,31). The summed E-state index contributed by atoms with van der Waals surface area (Å²) in [6.07, 6.45) is 3.30. The van der Waals surface area contributed by atoms with Gasteiger partial charge >= 0.3 is 0 Å². The molecule has 8 nitrogen and oxygen atoms in total. The summed E-state index contributed by atoms with van der Waals surface area (Å²) in [7, 11) is -3.47. The Hall–Kier alpha value is -3.87. The second-order valence-corrected chi connectivity index (χ2v) is 10.1. The van der Waals surface area contributed by atoms with Crippen molar-refractivity contribution >= 4 is 38.3 Å². The van der Waals surface area contributed by atoms with Gasteiger partial charge in [0.25, 0.3) is 0 Å². The van der Waals surface area contributed by atoms with Gasteiger partial charge in [0.1, 0.15) is 24.0 Å². The molecule has 4 aromatic rings. The minimum atomic E-state index is -3.47. The Balaban J connectivity index is 1.57. The molecule has 1 N–H and O–H groups in total. The SMILES string of the molecule is CCCOc1c(Cl)cc2c(-c3ccc(OCc4ccnc(NS(C)(=O)=O)n4)cc3)cccc2c1C#N. The van der Waals surface area contributed by atoms with Crippen molar-refractivity contribution in [3.63, 3.8) is 0 Å². The molecule has 36 heavy (non-hydrogen) atoms. The molecule has 0 aliphatic carbocycles. The predicted octanol–water partition coefficient (Wildman–Crippen LogP) is 5.56. The van der Waals surface area contributed by atoms with E-state index in [4.69, 9.17) is 21.1 Å². The largest absolute Gasteiger partial charge is 0.491 e. The first-order valence-corrected chi connectivity index (χ1v) is 13.4. The molecule has 0 atom stereocenters. The lowest BCUT2D eigenvalue weighted by Gasteiger charge is -2.14. The fourth-order valence-electron chi connectivity index (χ4n) is 3.66. The van der Waals surface area contributed by atoms with Crippen LogP contribution in [0.2, 0.25) is 5.02 Å². The summed E-state index contributed by atoms with van der Waals surface area (Å²) in [6, 6.07) is 19.0. The highest BCUT2D eigenvalue weighted by Crippen LogP contribution is 2.39. The van der Waals surface area contributed by atoms with E-state index in [1.807, 2.05) is 55.5 Å². The van der Waals surface area contributed by atoms with E-state index in [1.165, 1.54) is 6.20 Å². The van der Waals surface area contributed by atoms with E-state index in [0.717, 1.165) is 34.6 Å². The van der Waals surface area contributed by atoms with Gasteiger partial charge in [0.15, 0.2) is 5.75 Å². The maximum atomic E-state index is 11.4. The number of aromatic nitrogens is 2. The Bertz CT molecular complexity index is 1550. The van der Waals surface area contributed by atoms with Crippen LogP contribution in [0.4, 0.5) is 5.95 Å². The topological polar surface area (TPSA) is 114 Å². The first kappa shape index (κ1) is 25.2. The van der Waals surface area contributed by atoms with E-state index in [2.05, 4.69) is 20.8 Å². The van der Waals surface area contributed by atoms with Gasteiger partial charge in [-0.1, -0.05) is 48.9 Å². The number of fused-ring (bicyclic) bond motifs is 1. The van der Waals surface area contributed by atoms with Crippen LogP contribution in [0.3, 0.4) is 0 Å². The molecule has 0 spiro atoms. The van der Waals surface area contributed by atoms with E-state index in [1.54, 1.807) is 6.07 Å². The average Bonchev–Trinajstić information content (AvgIpc) is 2.85. The molecule has 0 aliphatic heterocycles. The normalized spacial score (nSPS) is 11.2. The van der Waals surface area contributed by atoms with Crippen LogP contribution in [0.25, 0.3) is 21.9 Å². The summed E-state index contributed by atoms with van der Waals surface area (Å²) in [5.74, 6) is 1.01. The smallest absolute Gasteiger partial charge is 0.236 e. The highest BCUT2D eigenvalue weighted by molar-refractivity contribution is 7.91. The van der Waals surface area contributed by atoms with E-state index >= 15 is 0 Å². The predicted molar refractivity (Wildman–Crippen MR) is 140 cm³/mol. The Kier molecular flexibility index (Phi) is 7.58. The molecule has 0 bridgehead atoms. The van der Waals surface area contributed by atoms with Gasteiger partial charge in [0.2, 0.25) is 16.0 Å². The average molecular weight is 523 g/mol. The van der Waals surface area contributed by atoms with Gasteiger partial charge in [-0.15, -0.1) is 0 Å². The number of nitrogens with one attached hydrogen (secondary N) is 1. The molecule has 4 rings (SSSR count). The van der Waals surface area contributed by atoms with Crippen molar-refractivity contribution in [2.75, 3.05) is 17.6 Å². The van der Waals surface area contributed by atoms with Crippen molar-refractivity contribution in [2.24, 2.45) is 0 Å². The van der Waals surface area contributed by atoms with Crippen LogP contribution in [-0.2, 0) is 16.6 Å². The van der Waals surface area contributed by atoms with Gasteiger partial charge in [-0.05, 0) is 47.2 Å². The zero-order valence-electron chi connectivity index (χ0n) is 19.7. The Morgan fingerprint density at radius 2 is 1.86 bits per heavy atom. The van der Waals surface area contributed by atoms with Gasteiger partial charge in [0, 0.05) is 11.6 Å². The fourth-order valence-corrected chi connectivity index (χ4v) is 4.35. The molecular weight excluding hydrogens is 500 g/mol. The molecule has 0 saturated heterocycles. The van der Waals surface area contributed by atoms with Crippen LogP contribution in [-0.4, -0.2) is 31.2 Å². The van der Waals surface area contributed by atoms with Gasteiger partial charge in [-0.25, -0.2) is 18.4 Å². The van der Waals surface area contributed by atoms with Crippen molar-refractivity contribution in [2.45, 2.75) is 20.0 Å². The van der Waals surface area contributed by atoms with E-state index < -0.39 is 10.0 Å². The molecule has 184 valence electrons. The summed E-state index contributed by atoms with van der Waals surface area (Å²) in [6.45, 7) is 2.61. The van der Waals surface area contributed by atoms with Gasteiger partial charge in [-0.2, -0.15) is 5.26 Å². The molecule has 1 heterocycles. The highest BCUT2D eigenvalue weighted by atomic mass is 35.5. The number of hydrogen-bond donors (Lipinski definition) is 1. The van der Waals surface area contributed by atoms with Crippen LogP contribution in [0.1, 0.15) is 24.6 Å². The monoisotopic (exact) mass is 522 g/mol. The number of nitrogens with zero attached hydrogens (tertiary/aromatic N) is 3. The zero-order valence-corrected chi connectivity index (χ0v) is 21.2.